The third-order valence-corrected chi connectivity index (χ3v) is 4.07. The molecule has 1 heterocycles. The molecule has 1 atom stereocenters. The Labute approximate surface area is 93.8 Å². The maximum Gasteiger partial charge on any atom is 0.0623 e. The highest BCUT2D eigenvalue weighted by atomic mass is 16.5. The highest BCUT2D eigenvalue weighted by Crippen LogP contribution is 2.28. The topological polar surface area (TPSA) is 21.3 Å². The Kier molecular flexibility index (Phi) is 4.45. The van der Waals surface area contributed by atoms with Gasteiger partial charge in [0.1, 0.15) is 0 Å². The van der Waals surface area contributed by atoms with Crippen LogP contribution in [0.5, 0.6) is 0 Å². The molecule has 2 nitrogen and oxygen atoms in total. The molecule has 0 bridgehead atoms. The van der Waals surface area contributed by atoms with E-state index in [1.165, 1.54) is 51.5 Å². The van der Waals surface area contributed by atoms with Crippen molar-refractivity contribution in [1.82, 2.24) is 5.32 Å². The van der Waals surface area contributed by atoms with Gasteiger partial charge >= 0.3 is 0 Å². The number of nitrogens with one attached hydrogen (secondary N) is 1. The van der Waals surface area contributed by atoms with Gasteiger partial charge in [0.2, 0.25) is 0 Å². The molecule has 0 aromatic carbocycles. The van der Waals surface area contributed by atoms with Gasteiger partial charge in [0, 0.05) is 6.04 Å². The molecule has 1 aliphatic heterocycles. The predicted octanol–water partition coefficient (Wildman–Crippen LogP) is 2.72. The van der Waals surface area contributed by atoms with Crippen LogP contribution in [0.25, 0.3) is 0 Å². The van der Waals surface area contributed by atoms with Crippen LogP contribution in [-0.4, -0.2) is 25.3 Å². The van der Waals surface area contributed by atoms with Crippen molar-refractivity contribution in [3.8, 4) is 0 Å². The number of hydrogen-bond donors (Lipinski definition) is 1. The maximum atomic E-state index is 6.00. The van der Waals surface area contributed by atoms with Crippen molar-refractivity contribution in [1.29, 1.82) is 0 Å². The van der Waals surface area contributed by atoms with Gasteiger partial charge in [-0.1, -0.05) is 13.3 Å². The van der Waals surface area contributed by atoms with Crippen LogP contribution in [0.15, 0.2) is 0 Å². The highest BCUT2D eigenvalue weighted by Gasteiger charge is 2.22. The first-order valence-electron chi connectivity index (χ1n) is 6.73. The number of hydrogen-bond acceptors (Lipinski definition) is 2. The summed E-state index contributed by atoms with van der Waals surface area (Å²) in [6.07, 6.45) is 9.93. The summed E-state index contributed by atoms with van der Waals surface area (Å²) in [5.41, 5.74) is 0. The Balaban J connectivity index is 1.59. The van der Waals surface area contributed by atoms with Crippen molar-refractivity contribution in [3.05, 3.63) is 0 Å². The zero-order chi connectivity index (χ0) is 10.5. The van der Waals surface area contributed by atoms with Crippen molar-refractivity contribution in [2.45, 2.75) is 64.0 Å². The summed E-state index contributed by atoms with van der Waals surface area (Å²) in [6.45, 7) is 4.45. The molecule has 1 N–H and O–H groups in total. The molecule has 0 radical (unpaired) electrons. The summed E-state index contributed by atoms with van der Waals surface area (Å²) in [4.78, 5) is 0. The van der Waals surface area contributed by atoms with E-state index in [0.717, 1.165) is 12.5 Å². The molecule has 2 rings (SSSR count). The van der Waals surface area contributed by atoms with Gasteiger partial charge in [0.15, 0.2) is 0 Å². The van der Waals surface area contributed by atoms with E-state index in [4.69, 9.17) is 4.74 Å². The Morgan fingerprint density at radius 3 is 2.53 bits per heavy atom. The first kappa shape index (κ1) is 11.4. The zero-order valence-electron chi connectivity index (χ0n) is 10.0. The van der Waals surface area contributed by atoms with E-state index < -0.39 is 0 Å². The van der Waals surface area contributed by atoms with E-state index in [2.05, 4.69) is 12.2 Å². The molecule has 1 saturated heterocycles. The van der Waals surface area contributed by atoms with E-state index in [0.29, 0.717) is 12.1 Å². The summed E-state index contributed by atoms with van der Waals surface area (Å²) in [6, 6.07) is 0.647. The van der Waals surface area contributed by atoms with E-state index in [9.17, 15) is 0 Å². The smallest absolute Gasteiger partial charge is 0.0623 e. The molecule has 0 spiro atoms. The standard InChI is InChI=1S/C13H25NO/c1-2-11-5-7-13(8-6-11)15-10-12-4-3-9-14-12/h11-14H,2-10H2,1H3. The largest absolute Gasteiger partial charge is 0.377 e. The fourth-order valence-corrected chi connectivity index (χ4v) is 2.86. The summed E-state index contributed by atoms with van der Waals surface area (Å²) in [5.74, 6) is 0.981. The zero-order valence-corrected chi connectivity index (χ0v) is 10.0. The molecule has 2 aliphatic rings. The third-order valence-electron chi connectivity index (χ3n) is 4.07. The Bertz CT molecular complexity index is 169. The van der Waals surface area contributed by atoms with E-state index >= 15 is 0 Å². The average Bonchev–Trinajstić information content (AvgIpc) is 2.80. The number of rotatable bonds is 4. The molecule has 2 fully saturated rings. The van der Waals surface area contributed by atoms with Crippen molar-refractivity contribution in [2.24, 2.45) is 5.92 Å². The second kappa shape index (κ2) is 5.86. The summed E-state index contributed by atoms with van der Waals surface area (Å²) in [5, 5.41) is 3.49. The summed E-state index contributed by atoms with van der Waals surface area (Å²) < 4.78 is 6.00. The first-order valence-corrected chi connectivity index (χ1v) is 6.73. The SMILES string of the molecule is CCC1CCC(OCC2CCCN2)CC1. The van der Waals surface area contributed by atoms with Gasteiger partial charge in [-0.25, -0.2) is 0 Å². The minimum Gasteiger partial charge on any atom is -0.377 e. The van der Waals surface area contributed by atoms with Crippen molar-refractivity contribution in [3.63, 3.8) is 0 Å². The molecule has 15 heavy (non-hydrogen) atoms. The number of ether oxygens (including phenoxy) is 1. The molecule has 88 valence electrons. The molecule has 1 unspecified atom stereocenters. The molecule has 0 aromatic rings. The molecular formula is C13H25NO. The van der Waals surface area contributed by atoms with Crippen LogP contribution in [0.2, 0.25) is 0 Å². The van der Waals surface area contributed by atoms with Crippen LogP contribution < -0.4 is 5.32 Å². The third kappa shape index (κ3) is 3.46. The average molecular weight is 211 g/mol. The summed E-state index contributed by atoms with van der Waals surface area (Å²) in [7, 11) is 0. The molecular weight excluding hydrogens is 186 g/mol. The van der Waals surface area contributed by atoms with Crippen LogP contribution in [0.3, 0.4) is 0 Å². The van der Waals surface area contributed by atoms with Gasteiger partial charge in [-0.2, -0.15) is 0 Å². The Hall–Kier alpha value is -0.0800. The minimum absolute atomic E-state index is 0.565. The lowest BCUT2D eigenvalue weighted by atomic mass is 9.86. The highest BCUT2D eigenvalue weighted by molar-refractivity contribution is 4.76. The normalized spacial score (nSPS) is 37.0. The second-order valence-corrected chi connectivity index (χ2v) is 5.18. The lowest BCUT2D eigenvalue weighted by Crippen LogP contribution is -2.31. The van der Waals surface area contributed by atoms with E-state index in [1.807, 2.05) is 0 Å². The lowest BCUT2D eigenvalue weighted by Gasteiger charge is -2.28. The van der Waals surface area contributed by atoms with Gasteiger partial charge in [-0.15, -0.1) is 0 Å². The van der Waals surface area contributed by atoms with Gasteiger partial charge in [-0.3, -0.25) is 0 Å². The van der Waals surface area contributed by atoms with Crippen LogP contribution in [0.1, 0.15) is 51.9 Å². The Morgan fingerprint density at radius 1 is 1.13 bits per heavy atom. The predicted molar refractivity (Wildman–Crippen MR) is 63.0 cm³/mol. The van der Waals surface area contributed by atoms with Gasteiger partial charge in [-0.05, 0) is 51.0 Å². The van der Waals surface area contributed by atoms with Crippen molar-refractivity contribution in [2.75, 3.05) is 13.2 Å². The minimum atomic E-state index is 0.565. The molecule has 0 aromatic heterocycles. The van der Waals surface area contributed by atoms with Gasteiger partial charge in [0.25, 0.3) is 0 Å². The maximum absolute atomic E-state index is 6.00. The fourth-order valence-electron chi connectivity index (χ4n) is 2.86. The van der Waals surface area contributed by atoms with Gasteiger partial charge < -0.3 is 10.1 Å². The second-order valence-electron chi connectivity index (χ2n) is 5.18. The molecule has 1 aliphatic carbocycles. The molecule has 2 heteroatoms. The lowest BCUT2D eigenvalue weighted by molar-refractivity contribution is 0.00863. The van der Waals surface area contributed by atoms with Gasteiger partial charge in [0.05, 0.1) is 12.7 Å². The van der Waals surface area contributed by atoms with E-state index in [-0.39, 0.29) is 0 Å². The fraction of sp³-hybridized carbons (Fsp3) is 1.00. The van der Waals surface area contributed by atoms with Crippen LogP contribution in [0.4, 0.5) is 0 Å². The van der Waals surface area contributed by atoms with Crippen LogP contribution in [-0.2, 0) is 4.74 Å². The quantitative estimate of drug-likeness (QED) is 0.772. The van der Waals surface area contributed by atoms with Crippen molar-refractivity contribution >= 4 is 0 Å². The monoisotopic (exact) mass is 211 g/mol. The van der Waals surface area contributed by atoms with Crippen molar-refractivity contribution < 1.29 is 4.74 Å². The van der Waals surface area contributed by atoms with Crippen LogP contribution >= 0.6 is 0 Å². The molecule has 0 amide bonds. The van der Waals surface area contributed by atoms with Crippen LogP contribution in [0, 0.1) is 5.92 Å². The first-order chi connectivity index (χ1) is 7.38. The summed E-state index contributed by atoms with van der Waals surface area (Å²) >= 11 is 0. The van der Waals surface area contributed by atoms with E-state index in [1.54, 1.807) is 0 Å². The molecule has 1 saturated carbocycles. The Morgan fingerprint density at radius 2 is 1.93 bits per heavy atom.